The van der Waals surface area contributed by atoms with Crippen molar-refractivity contribution in [3.8, 4) is 22.8 Å². The molecule has 2 fully saturated rings. The van der Waals surface area contributed by atoms with E-state index < -0.39 is 5.91 Å². The zero-order valence-corrected chi connectivity index (χ0v) is 22.4. The van der Waals surface area contributed by atoms with E-state index >= 15 is 0 Å². The first-order chi connectivity index (χ1) is 17.3. The van der Waals surface area contributed by atoms with Crippen LogP contribution in [0, 0.1) is 5.92 Å². The second kappa shape index (κ2) is 12.6. The van der Waals surface area contributed by atoms with Crippen LogP contribution in [0.4, 0.5) is 5.69 Å². The molecule has 0 spiro atoms. The zero-order chi connectivity index (χ0) is 25.8. The molecule has 11 heteroatoms. The number of amides is 2. The number of rotatable bonds is 7. The number of anilines is 1. The monoisotopic (exact) mass is 536 g/mol. The molecule has 1 saturated heterocycles. The third-order valence-corrected chi connectivity index (χ3v) is 7.13. The first kappa shape index (κ1) is 28.7. The van der Waals surface area contributed by atoms with Gasteiger partial charge in [-0.2, -0.15) is 0 Å². The van der Waals surface area contributed by atoms with Gasteiger partial charge in [-0.15, -0.1) is 12.4 Å². The zero-order valence-electron chi connectivity index (χ0n) is 21.6. The van der Waals surface area contributed by atoms with E-state index in [0.717, 1.165) is 52.0 Å². The van der Waals surface area contributed by atoms with Gasteiger partial charge in [0, 0.05) is 37.7 Å². The van der Waals surface area contributed by atoms with E-state index in [9.17, 15) is 19.8 Å². The fraction of sp³-hybridized carbons (Fsp3) is 0.577. The molecular weight excluding hydrogens is 500 g/mol. The number of aromatic nitrogens is 1. The summed E-state index contributed by atoms with van der Waals surface area (Å²) < 4.78 is 11.0. The van der Waals surface area contributed by atoms with Crippen molar-refractivity contribution in [1.29, 1.82) is 0 Å². The number of nitrogens with one attached hydrogen (secondary N) is 2. The molecule has 0 bridgehead atoms. The molecule has 37 heavy (non-hydrogen) atoms. The van der Waals surface area contributed by atoms with Crippen molar-refractivity contribution in [3.63, 3.8) is 0 Å². The van der Waals surface area contributed by atoms with E-state index in [1.807, 2.05) is 13.8 Å². The van der Waals surface area contributed by atoms with Crippen molar-refractivity contribution < 1.29 is 29.1 Å². The normalized spacial score (nSPS) is 20.3. The standard InChI is InChI=1S/C26H36N4O6.ClH/c1-4-27-26(34)23-22(24(36-29-23)19-13-18(15(2)3)20(31)14-21(19)32)28-25(33)16-5-7-17(8-6-16)30-9-11-35-12-10-30;/h13-17,31-32H,4-12H2,1-3H3,(H,27,34)(H,28,33);1H. The van der Waals surface area contributed by atoms with Gasteiger partial charge in [0.05, 0.1) is 18.8 Å². The highest BCUT2D eigenvalue weighted by molar-refractivity contribution is 6.06. The van der Waals surface area contributed by atoms with Gasteiger partial charge in [0.25, 0.3) is 5.91 Å². The minimum atomic E-state index is -0.485. The van der Waals surface area contributed by atoms with Gasteiger partial charge >= 0.3 is 0 Å². The van der Waals surface area contributed by atoms with Gasteiger partial charge < -0.3 is 30.1 Å². The van der Waals surface area contributed by atoms with Crippen LogP contribution in [0.5, 0.6) is 11.5 Å². The van der Waals surface area contributed by atoms with Crippen LogP contribution in [-0.4, -0.2) is 71.0 Å². The second-order valence-corrected chi connectivity index (χ2v) is 9.82. The largest absolute Gasteiger partial charge is 0.508 e. The number of phenolic OH excluding ortho intramolecular Hbond substituents is 2. The highest BCUT2D eigenvalue weighted by Crippen LogP contribution is 2.42. The summed E-state index contributed by atoms with van der Waals surface area (Å²) in [7, 11) is 0. The summed E-state index contributed by atoms with van der Waals surface area (Å²) in [6.07, 6.45) is 3.34. The molecule has 2 aromatic rings. The highest BCUT2D eigenvalue weighted by atomic mass is 35.5. The maximum absolute atomic E-state index is 13.3. The number of nitrogens with zero attached hydrogens (tertiary/aromatic N) is 2. The highest BCUT2D eigenvalue weighted by Gasteiger charge is 2.33. The smallest absolute Gasteiger partial charge is 0.275 e. The Morgan fingerprint density at radius 3 is 2.41 bits per heavy atom. The van der Waals surface area contributed by atoms with E-state index in [2.05, 4.69) is 20.7 Å². The predicted octanol–water partition coefficient (Wildman–Crippen LogP) is 3.88. The van der Waals surface area contributed by atoms with E-state index in [1.165, 1.54) is 6.07 Å². The molecule has 2 heterocycles. The maximum Gasteiger partial charge on any atom is 0.275 e. The van der Waals surface area contributed by atoms with Crippen LogP contribution in [0.3, 0.4) is 0 Å². The molecule has 1 aliphatic heterocycles. The summed E-state index contributed by atoms with van der Waals surface area (Å²) in [5.41, 5.74) is 0.904. The number of carbonyl (C=O) groups excluding carboxylic acids is 2. The molecular formula is C26H37ClN4O6. The summed E-state index contributed by atoms with van der Waals surface area (Å²) in [6.45, 7) is 9.33. The molecule has 4 rings (SSSR count). The number of phenols is 2. The number of hydrogen-bond donors (Lipinski definition) is 4. The number of ether oxygens (including phenoxy) is 1. The van der Waals surface area contributed by atoms with Crippen LogP contribution < -0.4 is 10.6 Å². The summed E-state index contributed by atoms with van der Waals surface area (Å²) in [6, 6.07) is 3.29. The Hall–Kier alpha value is -2.82. The molecule has 0 unspecified atom stereocenters. The molecule has 0 radical (unpaired) electrons. The average Bonchev–Trinajstić information content (AvgIpc) is 3.28. The number of aromatic hydroxyl groups is 2. The molecule has 1 saturated carbocycles. The lowest BCUT2D eigenvalue weighted by Gasteiger charge is -2.38. The Morgan fingerprint density at radius 2 is 1.78 bits per heavy atom. The fourth-order valence-electron chi connectivity index (χ4n) is 5.10. The maximum atomic E-state index is 13.3. The van der Waals surface area contributed by atoms with E-state index in [-0.39, 0.29) is 64.4 Å². The SMILES string of the molecule is CCNC(=O)c1noc(-c2cc(C(C)C)c(O)cc2O)c1NC(=O)C1CCC(N2CCOCC2)CC1.Cl. The van der Waals surface area contributed by atoms with Crippen LogP contribution in [0.25, 0.3) is 11.3 Å². The minimum absolute atomic E-state index is 0. The molecule has 0 atom stereocenters. The van der Waals surface area contributed by atoms with Crippen LogP contribution in [0.1, 0.15) is 68.4 Å². The minimum Gasteiger partial charge on any atom is -0.508 e. The summed E-state index contributed by atoms with van der Waals surface area (Å²) in [5, 5.41) is 30.3. The number of morpholine rings is 1. The van der Waals surface area contributed by atoms with E-state index in [4.69, 9.17) is 9.26 Å². The van der Waals surface area contributed by atoms with Crippen LogP contribution in [0.2, 0.25) is 0 Å². The average molecular weight is 537 g/mol. The number of carbonyl (C=O) groups is 2. The lowest BCUT2D eigenvalue weighted by atomic mass is 9.84. The van der Waals surface area contributed by atoms with Crippen molar-refractivity contribution >= 4 is 29.9 Å². The van der Waals surface area contributed by atoms with Gasteiger partial charge in [-0.1, -0.05) is 19.0 Å². The molecule has 2 amide bonds. The summed E-state index contributed by atoms with van der Waals surface area (Å²) in [4.78, 5) is 28.5. The topological polar surface area (TPSA) is 137 Å². The molecule has 204 valence electrons. The van der Waals surface area contributed by atoms with E-state index in [1.54, 1.807) is 13.0 Å². The quantitative estimate of drug-likeness (QED) is 0.418. The van der Waals surface area contributed by atoms with Gasteiger partial charge in [-0.05, 0) is 50.2 Å². The Morgan fingerprint density at radius 1 is 1.11 bits per heavy atom. The Labute approximate surface area is 223 Å². The predicted molar refractivity (Wildman–Crippen MR) is 141 cm³/mol. The van der Waals surface area contributed by atoms with Gasteiger partial charge in [-0.25, -0.2) is 0 Å². The Bertz CT molecular complexity index is 1090. The third-order valence-electron chi connectivity index (χ3n) is 7.13. The lowest BCUT2D eigenvalue weighted by Crippen LogP contribution is -2.45. The van der Waals surface area contributed by atoms with E-state index in [0.29, 0.717) is 18.2 Å². The third kappa shape index (κ3) is 6.37. The number of hydrogen-bond acceptors (Lipinski definition) is 8. The molecule has 2 aliphatic rings. The Kier molecular flexibility index (Phi) is 9.80. The first-order valence-corrected chi connectivity index (χ1v) is 12.8. The van der Waals surface area contributed by atoms with Crippen LogP contribution in [0.15, 0.2) is 16.7 Å². The van der Waals surface area contributed by atoms with Crippen molar-refractivity contribution in [2.45, 2.75) is 58.4 Å². The van der Waals surface area contributed by atoms with Gasteiger partial charge in [0.15, 0.2) is 11.5 Å². The molecule has 1 aromatic carbocycles. The van der Waals surface area contributed by atoms with Crippen molar-refractivity contribution in [2.24, 2.45) is 5.92 Å². The summed E-state index contributed by atoms with van der Waals surface area (Å²) in [5.74, 6) is -1.13. The van der Waals surface area contributed by atoms with Crippen molar-refractivity contribution in [3.05, 3.63) is 23.4 Å². The van der Waals surface area contributed by atoms with Gasteiger partial charge in [0.1, 0.15) is 17.2 Å². The molecule has 1 aliphatic carbocycles. The second-order valence-electron chi connectivity index (χ2n) is 9.82. The molecule has 10 nitrogen and oxygen atoms in total. The van der Waals surface area contributed by atoms with Crippen LogP contribution >= 0.6 is 12.4 Å². The number of halogens is 1. The Balaban J connectivity index is 0.00000380. The summed E-state index contributed by atoms with van der Waals surface area (Å²) >= 11 is 0. The van der Waals surface area contributed by atoms with Crippen molar-refractivity contribution in [1.82, 2.24) is 15.4 Å². The fourth-order valence-corrected chi connectivity index (χ4v) is 5.10. The molecule has 1 aromatic heterocycles. The number of benzene rings is 1. The lowest BCUT2D eigenvalue weighted by molar-refractivity contribution is -0.121. The van der Waals surface area contributed by atoms with Crippen LogP contribution in [-0.2, 0) is 9.53 Å². The van der Waals surface area contributed by atoms with Crippen molar-refractivity contribution in [2.75, 3.05) is 38.2 Å². The van der Waals surface area contributed by atoms with Gasteiger partial charge in [-0.3, -0.25) is 14.5 Å². The molecule has 4 N–H and O–H groups in total. The first-order valence-electron chi connectivity index (χ1n) is 12.8. The van der Waals surface area contributed by atoms with Gasteiger partial charge in [0.2, 0.25) is 5.91 Å².